The number of hydrogen-bond acceptors (Lipinski definition) is 3. The second kappa shape index (κ2) is 5.82. The summed E-state index contributed by atoms with van der Waals surface area (Å²) in [7, 11) is 1.98. The van der Waals surface area contributed by atoms with Gasteiger partial charge in [0.05, 0.1) is 0 Å². The van der Waals surface area contributed by atoms with E-state index >= 15 is 0 Å². The van der Waals surface area contributed by atoms with Crippen LogP contribution in [0, 0.1) is 0 Å². The summed E-state index contributed by atoms with van der Waals surface area (Å²) in [6.45, 7) is 0. The minimum absolute atomic E-state index is 0.159. The molecule has 0 bridgehead atoms. The molecule has 1 aliphatic carbocycles. The molecule has 0 unspecified atom stereocenters. The molecule has 0 radical (unpaired) electrons. The molecule has 0 aromatic heterocycles. The average molecular weight is 345 g/mol. The zero-order chi connectivity index (χ0) is 12.3. The van der Waals surface area contributed by atoms with Crippen LogP contribution in [0.15, 0.2) is 24.3 Å². The fourth-order valence-electron chi connectivity index (χ4n) is 1.94. The number of carbonyl (C=O) groups excluding carboxylic acids is 1. The van der Waals surface area contributed by atoms with Crippen molar-refractivity contribution in [2.45, 2.75) is 31.4 Å². The Bertz CT molecular complexity index is 385. The van der Waals surface area contributed by atoms with E-state index in [1.807, 2.05) is 53.9 Å². The monoisotopic (exact) mass is 345 g/mol. The number of halogens is 1. The third kappa shape index (κ3) is 3.67. The Morgan fingerprint density at radius 3 is 2.59 bits per heavy atom. The quantitative estimate of drug-likeness (QED) is 0.658. The molecular formula is C13H16INO2. The van der Waals surface area contributed by atoms with E-state index < -0.39 is 0 Å². The molecule has 1 N–H and O–H groups in total. The first-order chi connectivity index (χ1) is 8.17. The van der Waals surface area contributed by atoms with Gasteiger partial charge in [-0.1, -0.05) is 12.1 Å². The number of nitrogens with one attached hydrogen (secondary N) is 1. The topological polar surface area (TPSA) is 38.3 Å². The lowest BCUT2D eigenvalue weighted by Crippen LogP contribution is -2.45. The summed E-state index contributed by atoms with van der Waals surface area (Å²) < 4.78 is 5.97. The van der Waals surface area contributed by atoms with Crippen LogP contribution in [-0.2, 0) is 11.2 Å². The van der Waals surface area contributed by atoms with Crippen molar-refractivity contribution in [1.29, 1.82) is 0 Å². The summed E-state index contributed by atoms with van der Waals surface area (Å²) in [4.78, 5) is 10.9. The van der Waals surface area contributed by atoms with Gasteiger partial charge in [0.25, 0.3) is 0 Å². The van der Waals surface area contributed by atoms with Crippen LogP contribution < -0.4 is 10.1 Å². The molecule has 0 spiro atoms. The first-order valence-corrected chi connectivity index (χ1v) is 6.86. The van der Waals surface area contributed by atoms with Crippen LogP contribution >= 0.6 is 22.6 Å². The standard InChI is InChI=1S/C13H16INO2/c1-15-10-7-12(8-10)17-11-4-2-9(3-5-11)6-13(14)16/h2-5,10,12,15H,6-8H2,1H3. The van der Waals surface area contributed by atoms with Crippen LogP contribution in [0.3, 0.4) is 0 Å². The van der Waals surface area contributed by atoms with Crippen LogP contribution in [0.5, 0.6) is 5.75 Å². The van der Waals surface area contributed by atoms with Crippen molar-refractivity contribution in [3.05, 3.63) is 29.8 Å². The number of hydrogen-bond donors (Lipinski definition) is 1. The van der Waals surface area contributed by atoms with Crippen molar-refractivity contribution in [2.75, 3.05) is 7.05 Å². The Hall–Kier alpha value is -0.620. The van der Waals surface area contributed by atoms with Crippen LogP contribution in [-0.4, -0.2) is 23.0 Å². The van der Waals surface area contributed by atoms with E-state index in [-0.39, 0.29) is 3.79 Å². The van der Waals surface area contributed by atoms with Gasteiger partial charge in [-0.15, -0.1) is 0 Å². The van der Waals surface area contributed by atoms with Crippen molar-refractivity contribution in [3.63, 3.8) is 0 Å². The molecule has 1 aliphatic rings. The molecule has 0 atom stereocenters. The highest BCUT2D eigenvalue weighted by molar-refractivity contribution is 14.1. The maximum Gasteiger partial charge on any atom is 0.196 e. The maximum absolute atomic E-state index is 10.9. The van der Waals surface area contributed by atoms with E-state index in [9.17, 15) is 4.79 Å². The number of rotatable bonds is 5. The van der Waals surface area contributed by atoms with Crippen molar-refractivity contribution >= 4 is 26.4 Å². The molecule has 1 aromatic rings. The van der Waals surface area contributed by atoms with Gasteiger partial charge in [0, 0.05) is 12.5 Å². The number of carbonyl (C=O) groups is 1. The Morgan fingerprint density at radius 1 is 1.41 bits per heavy atom. The second-order valence-electron chi connectivity index (χ2n) is 4.37. The summed E-state index contributed by atoms with van der Waals surface area (Å²) >= 11 is 1.82. The van der Waals surface area contributed by atoms with E-state index in [0.29, 0.717) is 18.6 Å². The van der Waals surface area contributed by atoms with Gasteiger partial charge >= 0.3 is 0 Å². The zero-order valence-electron chi connectivity index (χ0n) is 9.78. The lowest BCUT2D eigenvalue weighted by molar-refractivity contribution is -0.108. The predicted molar refractivity (Wildman–Crippen MR) is 75.7 cm³/mol. The molecule has 0 amide bonds. The predicted octanol–water partition coefficient (Wildman–Crippen LogP) is 2.32. The molecule has 92 valence electrons. The van der Waals surface area contributed by atoms with Gasteiger partial charge in [0.15, 0.2) is 3.79 Å². The number of ether oxygens (including phenoxy) is 1. The summed E-state index contributed by atoms with van der Waals surface area (Å²) in [6, 6.07) is 8.42. The maximum atomic E-state index is 10.9. The molecule has 2 rings (SSSR count). The smallest absolute Gasteiger partial charge is 0.196 e. The van der Waals surface area contributed by atoms with Gasteiger partial charge in [-0.2, -0.15) is 0 Å². The summed E-state index contributed by atoms with van der Waals surface area (Å²) in [5.74, 6) is 0.897. The van der Waals surface area contributed by atoms with Gasteiger partial charge in [0.1, 0.15) is 11.9 Å². The molecule has 3 nitrogen and oxygen atoms in total. The third-order valence-corrected chi connectivity index (χ3v) is 3.45. The largest absolute Gasteiger partial charge is 0.490 e. The van der Waals surface area contributed by atoms with Crippen molar-refractivity contribution in [2.24, 2.45) is 0 Å². The summed E-state index contributed by atoms with van der Waals surface area (Å²) in [5.41, 5.74) is 1.04. The number of benzene rings is 1. The first kappa shape index (κ1) is 12.8. The van der Waals surface area contributed by atoms with E-state index in [0.717, 1.165) is 24.2 Å². The van der Waals surface area contributed by atoms with Crippen LogP contribution in [0.1, 0.15) is 18.4 Å². The summed E-state index contributed by atoms with van der Waals surface area (Å²) in [6.07, 6.45) is 2.98. The Labute approximate surface area is 115 Å². The SMILES string of the molecule is CNC1CC(Oc2ccc(CC(=O)I)cc2)C1. The zero-order valence-corrected chi connectivity index (χ0v) is 11.9. The van der Waals surface area contributed by atoms with E-state index in [2.05, 4.69) is 5.32 Å². The molecule has 0 saturated heterocycles. The molecule has 17 heavy (non-hydrogen) atoms. The highest BCUT2D eigenvalue weighted by Gasteiger charge is 2.29. The molecule has 1 aromatic carbocycles. The minimum Gasteiger partial charge on any atom is -0.490 e. The molecule has 4 heteroatoms. The molecule has 1 saturated carbocycles. The highest BCUT2D eigenvalue weighted by atomic mass is 127. The normalized spacial score (nSPS) is 22.9. The minimum atomic E-state index is 0.159. The van der Waals surface area contributed by atoms with Gasteiger partial charge in [-0.25, -0.2) is 0 Å². The Kier molecular flexibility index (Phi) is 4.39. The van der Waals surface area contributed by atoms with Crippen molar-refractivity contribution < 1.29 is 9.53 Å². The van der Waals surface area contributed by atoms with E-state index in [1.54, 1.807) is 0 Å². The summed E-state index contributed by atoms with van der Waals surface area (Å²) in [5, 5.41) is 3.23. The van der Waals surface area contributed by atoms with E-state index in [1.165, 1.54) is 0 Å². The lowest BCUT2D eigenvalue weighted by atomic mass is 9.89. The Morgan fingerprint density at radius 2 is 2.06 bits per heavy atom. The average Bonchev–Trinajstić information content (AvgIpc) is 2.24. The van der Waals surface area contributed by atoms with Crippen LogP contribution in [0.25, 0.3) is 0 Å². The van der Waals surface area contributed by atoms with Crippen molar-refractivity contribution in [1.82, 2.24) is 5.32 Å². The second-order valence-corrected chi connectivity index (χ2v) is 5.58. The third-order valence-electron chi connectivity index (χ3n) is 3.07. The van der Waals surface area contributed by atoms with Crippen LogP contribution in [0.2, 0.25) is 0 Å². The van der Waals surface area contributed by atoms with Crippen molar-refractivity contribution in [3.8, 4) is 5.75 Å². The molecule has 0 aliphatic heterocycles. The lowest BCUT2D eigenvalue weighted by Gasteiger charge is -2.35. The fraction of sp³-hybridized carbons (Fsp3) is 0.462. The van der Waals surface area contributed by atoms with Gasteiger partial charge in [-0.05, 0) is 60.2 Å². The van der Waals surface area contributed by atoms with Gasteiger partial charge < -0.3 is 10.1 Å². The van der Waals surface area contributed by atoms with Gasteiger partial charge in [0.2, 0.25) is 0 Å². The molecular weight excluding hydrogens is 329 g/mol. The van der Waals surface area contributed by atoms with Gasteiger partial charge in [-0.3, -0.25) is 4.79 Å². The fourth-order valence-corrected chi connectivity index (χ4v) is 2.38. The highest BCUT2D eigenvalue weighted by Crippen LogP contribution is 2.25. The molecule has 0 heterocycles. The van der Waals surface area contributed by atoms with Crippen LogP contribution in [0.4, 0.5) is 0 Å². The Balaban J connectivity index is 1.84. The molecule has 1 fully saturated rings. The first-order valence-electron chi connectivity index (χ1n) is 5.78. The van der Waals surface area contributed by atoms with E-state index in [4.69, 9.17) is 4.74 Å².